The largest absolute Gasteiger partial charge is 0.497 e. The predicted octanol–water partition coefficient (Wildman–Crippen LogP) is 4.41. The minimum absolute atomic E-state index is 0.0305. The van der Waals surface area contributed by atoms with Crippen molar-refractivity contribution in [3.8, 4) is 5.75 Å². The molecule has 0 bridgehead atoms. The molecule has 2 amide bonds. The van der Waals surface area contributed by atoms with Gasteiger partial charge in [0.1, 0.15) is 18.3 Å². The van der Waals surface area contributed by atoms with Gasteiger partial charge in [-0.05, 0) is 68.3 Å². The van der Waals surface area contributed by atoms with E-state index in [0.29, 0.717) is 17.3 Å². The Hall–Kier alpha value is -3.56. The predicted molar refractivity (Wildman–Crippen MR) is 149 cm³/mol. The van der Waals surface area contributed by atoms with Crippen LogP contribution in [0.4, 0.5) is 5.69 Å². The second kappa shape index (κ2) is 12.8. The van der Waals surface area contributed by atoms with Crippen LogP contribution < -0.4 is 14.4 Å². The summed E-state index contributed by atoms with van der Waals surface area (Å²) < 4.78 is 33.7. The van der Waals surface area contributed by atoms with E-state index in [1.807, 2.05) is 0 Å². The van der Waals surface area contributed by atoms with Gasteiger partial charge in [-0.2, -0.15) is 0 Å². The van der Waals surface area contributed by atoms with Crippen molar-refractivity contribution in [2.24, 2.45) is 0 Å². The van der Waals surface area contributed by atoms with Crippen LogP contribution in [0.25, 0.3) is 0 Å². The molecule has 202 valence electrons. The number of hydrogen-bond donors (Lipinski definition) is 1. The summed E-state index contributed by atoms with van der Waals surface area (Å²) in [6.45, 7) is 5.16. The number of benzene rings is 3. The Balaban J connectivity index is 2.03. The molecule has 1 atom stereocenters. The molecule has 1 N–H and O–H groups in total. The van der Waals surface area contributed by atoms with E-state index in [0.717, 1.165) is 15.4 Å². The van der Waals surface area contributed by atoms with Crippen molar-refractivity contribution in [1.82, 2.24) is 10.2 Å². The Labute approximate surface area is 229 Å². The van der Waals surface area contributed by atoms with E-state index in [1.165, 1.54) is 23.1 Å². The first-order valence-corrected chi connectivity index (χ1v) is 13.9. The van der Waals surface area contributed by atoms with Crippen molar-refractivity contribution in [3.05, 3.63) is 88.9 Å². The van der Waals surface area contributed by atoms with Gasteiger partial charge >= 0.3 is 0 Å². The number of likely N-dealkylation sites (N-methyl/N-ethyl adjacent to an activating group) is 1. The molecule has 0 aliphatic heterocycles. The number of ether oxygens (including phenoxy) is 1. The van der Waals surface area contributed by atoms with E-state index in [4.69, 9.17) is 16.3 Å². The highest BCUT2D eigenvalue weighted by molar-refractivity contribution is 7.92. The number of halogens is 1. The first kappa shape index (κ1) is 29.0. The molecule has 0 aromatic heterocycles. The number of amides is 2. The Morgan fingerprint density at radius 2 is 1.68 bits per heavy atom. The fourth-order valence-corrected chi connectivity index (χ4v) is 5.42. The Morgan fingerprint density at radius 1 is 1.03 bits per heavy atom. The van der Waals surface area contributed by atoms with E-state index in [2.05, 4.69) is 5.32 Å². The van der Waals surface area contributed by atoms with Crippen molar-refractivity contribution >= 4 is 39.1 Å². The molecule has 10 heteroatoms. The maximum atomic E-state index is 13.8. The van der Waals surface area contributed by atoms with Crippen LogP contribution in [0.1, 0.15) is 25.0 Å². The summed E-state index contributed by atoms with van der Waals surface area (Å²) in [6, 6.07) is 18.9. The monoisotopic (exact) mass is 557 g/mol. The number of nitrogens with zero attached hydrogens (tertiary/aromatic N) is 2. The molecule has 0 unspecified atom stereocenters. The number of aryl methyl sites for hydroxylation is 1. The minimum atomic E-state index is -4.14. The Morgan fingerprint density at radius 3 is 2.26 bits per heavy atom. The summed E-state index contributed by atoms with van der Waals surface area (Å²) in [6.07, 6.45) is 0. The highest BCUT2D eigenvalue weighted by Crippen LogP contribution is 2.28. The molecule has 8 nitrogen and oxygen atoms in total. The van der Waals surface area contributed by atoms with Crippen LogP contribution in [0.2, 0.25) is 5.02 Å². The third-order valence-corrected chi connectivity index (χ3v) is 8.28. The van der Waals surface area contributed by atoms with Crippen LogP contribution in [0.15, 0.2) is 77.7 Å². The van der Waals surface area contributed by atoms with Crippen molar-refractivity contribution in [1.29, 1.82) is 0 Å². The topological polar surface area (TPSA) is 96.0 Å². The molecule has 3 rings (SSSR count). The molecule has 0 fully saturated rings. The van der Waals surface area contributed by atoms with Crippen LogP contribution in [0.5, 0.6) is 5.75 Å². The summed E-state index contributed by atoms with van der Waals surface area (Å²) in [5.41, 5.74) is 1.77. The maximum Gasteiger partial charge on any atom is 0.264 e. The number of carbonyl (C=O) groups is 2. The molecule has 0 aliphatic rings. The number of nitrogens with one attached hydrogen (secondary N) is 1. The third kappa shape index (κ3) is 6.85. The standard InChI is InChI=1S/C28H32ClN3O5S/c1-5-30-28(34)21(3)31(18-22-12-15-24(37-4)16-13-22)27(33)19-32(23-14-11-20(2)26(29)17-23)38(35,36)25-9-7-6-8-10-25/h6-17,21H,5,18-19H2,1-4H3,(H,30,34)/t21-/m0/s1. The third-order valence-electron chi connectivity index (χ3n) is 6.08. The average molecular weight is 558 g/mol. The lowest BCUT2D eigenvalue weighted by Gasteiger charge is -2.32. The minimum Gasteiger partial charge on any atom is -0.497 e. The Bertz CT molecular complexity index is 1360. The van der Waals surface area contributed by atoms with Gasteiger partial charge < -0.3 is 15.0 Å². The first-order chi connectivity index (χ1) is 18.1. The molecule has 38 heavy (non-hydrogen) atoms. The quantitative estimate of drug-likeness (QED) is 0.377. The normalized spacial score (nSPS) is 11.9. The van der Waals surface area contributed by atoms with E-state index < -0.39 is 28.5 Å². The molecule has 0 radical (unpaired) electrons. The van der Waals surface area contributed by atoms with Gasteiger partial charge in [0.25, 0.3) is 10.0 Å². The van der Waals surface area contributed by atoms with Crippen LogP contribution in [-0.2, 0) is 26.2 Å². The molecule has 3 aromatic carbocycles. The number of hydrogen-bond acceptors (Lipinski definition) is 5. The summed E-state index contributed by atoms with van der Waals surface area (Å²) in [4.78, 5) is 28.0. The van der Waals surface area contributed by atoms with Crippen molar-refractivity contribution in [2.75, 3.05) is 24.5 Å². The van der Waals surface area contributed by atoms with E-state index in [1.54, 1.807) is 82.5 Å². The van der Waals surface area contributed by atoms with E-state index >= 15 is 0 Å². The summed E-state index contributed by atoms with van der Waals surface area (Å²) >= 11 is 6.33. The van der Waals surface area contributed by atoms with Gasteiger partial charge in [0.05, 0.1) is 17.7 Å². The number of methoxy groups -OCH3 is 1. The molecular weight excluding hydrogens is 526 g/mol. The van der Waals surface area contributed by atoms with Gasteiger partial charge in [0, 0.05) is 18.1 Å². The van der Waals surface area contributed by atoms with Gasteiger partial charge in [0.2, 0.25) is 11.8 Å². The SMILES string of the molecule is CCNC(=O)[C@H](C)N(Cc1ccc(OC)cc1)C(=O)CN(c1ccc(C)c(Cl)c1)S(=O)(=O)c1ccccc1. The number of rotatable bonds is 11. The lowest BCUT2D eigenvalue weighted by molar-refractivity contribution is -0.139. The van der Waals surface area contributed by atoms with Gasteiger partial charge in [0.15, 0.2) is 0 Å². The second-order valence-corrected chi connectivity index (χ2v) is 11.0. The lowest BCUT2D eigenvalue weighted by Crippen LogP contribution is -2.51. The molecule has 0 spiro atoms. The zero-order valence-corrected chi connectivity index (χ0v) is 23.4. The van der Waals surface area contributed by atoms with E-state index in [-0.39, 0.29) is 23.0 Å². The molecule has 0 saturated carbocycles. The van der Waals surface area contributed by atoms with Gasteiger partial charge in [-0.15, -0.1) is 0 Å². The lowest BCUT2D eigenvalue weighted by atomic mass is 10.1. The highest BCUT2D eigenvalue weighted by Gasteiger charge is 2.32. The number of anilines is 1. The van der Waals surface area contributed by atoms with Crippen LogP contribution in [-0.4, -0.2) is 51.4 Å². The van der Waals surface area contributed by atoms with Crippen molar-refractivity contribution in [3.63, 3.8) is 0 Å². The number of sulfonamides is 1. The number of carbonyl (C=O) groups excluding carboxylic acids is 2. The van der Waals surface area contributed by atoms with Gasteiger partial charge in [-0.25, -0.2) is 8.42 Å². The zero-order chi connectivity index (χ0) is 27.9. The smallest absolute Gasteiger partial charge is 0.264 e. The fraction of sp³-hybridized carbons (Fsp3) is 0.286. The average Bonchev–Trinajstić information content (AvgIpc) is 2.92. The second-order valence-electron chi connectivity index (χ2n) is 8.70. The molecule has 0 heterocycles. The maximum absolute atomic E-state index is 13.8. The fourth-order valence-electron chi connectivity index (χ4n) is 3.82. The van der Waals surface area contributed by atoms with E-state index in [9.17, 15) is 18.0 Å². The van der Waals surface area contributed by atoms with Crippen LogP contribution in [0, 0.1) is 6.92 Å². The van der Waals surface area contributed by atoms with Crippen LogP contribution in [0.3, 0.4) is 0 Å². The Kier molecular flexibility index (Phi) is 9.77. The summed E-state index contributed by atoms with van der Waals surface area (Å²) in [7, 11) is -2.58. The summed E-state index contributed by atoms with van der Waals surface area (Å²) in [5.74, 6) is -0.235. The molecule has 3 aromatic rings. The van der Waals surface area contributed by atoms with Crippen molar-refractivity contribution < 1.29 is 22.7 Å². The molecular formula is C28H32ClN3O5S. The van der Waals surface area contributed by atoms with Crippen molar-refractivity contribution in [2.45, 2.75) is 38.3 Å². The van der Waals surface area contributed by atoms with Gasteiger partial charge in [-0.1, -0.05) is 48.0 Å². The van der Waals surface area contributed by atoms with Crippen LogP contribution >= 0.6 is 11.6 Å². The molecule has 0 aliphatic carbocycles. The first-order valence-electron chi connectivity index (χ1n) is 12.1. The zero-order valence-electron chi connectivity index (χ0n) is 21.8. The molecule has 0 saturated heterocycles. The summed E-state index contributed by atoms with van der Waals surface area (Å²) in [5, 5.41) is 3.11. The van der Waals surface area contributed by atoms with Gasteiger partial charge in [-0.3, -0.25) is 13.9 Å². The highest BCUT2D eigenvalue weighted by atomic mass is 35.5.